The predicted octanol–water partition coefficient (Wildman–Crippen LogP) is 4.89. The van der Waals surface area contributed by atoms with Crippen LogP contribution in [-0.4, -0.2) is 21.9 Å². The van der Waals surface area contributed by atoms with E-state index in [0.717, 1.165) is 4.90 Å². The van der Waals surface area contributed by atoms with Gasteiger partial charge in [0.25, 0.3) is 5.91 Å². The Balaban J connectivity index is 2.47. The number of hydrogen-bond acceptors (Lipinski definition) is 1. The molecule has 1 heterocycles. The zero-order chi connectivity index (χ0) is 20.4. The zero-order valence-corrected chi connectivity index (χ0v) is 14.2. The van der Waals surface area contributed by atoms with E-state index in [1.165, 1.54) is 6.08 Å². The van der Waals surface area contributed by atoms with E-state index in [1.54, 1.807) is 29.9 Å². The number of carbonyl (C=O) groups excluding carboxylic acids is 1. The number of aromatic nitrogens is 1. The predicted molar refractivity (Wildman–Crippen MR) is 86.8 cm³/mol. The van der Waals surface area contributed by atoms with E-state index >= 15 is 0 Å². The summed E-state index contributed by atoms with van der Waals surface area (Å²) in [6, 6.07) is 4.25. The first kappa shape index (κ1) is 20.6. The SMILES string of the molecule is C=CCN(Cc1cccn1C)C(=O)c1cc(C(F)(F)F)cc(C(F)(F)F)c1. The van der Waals surface area contributed by atoms with Gasteiger partial charge in [-0.15, -0.1) is 6.58 Å². The number of carbonyl (C=O) groups is 1. The van der Waals surface area contributed by atoms with Gasteiger partial charge in [0.1, 0.15) is 0 Å². The minimum Gasteiger partial charge on any atom is -0.353 e. The summed E-state index contributed by atoms with van der Waals surface area (Å²) < 4.78 is 79.7. The van der Waals surface area contributed by atoms with E-state index in [1.807, 2.05) is 0 Å². The highest BCUT2D eigenvalue weighted by Crippen LogP contribution is 2.36. The van der Waals surface area contributed by atoms with Gasteiger partial charge in [-0.3, -0.25) is 4.79 Å². The molecule has 3 nitrogen and oxygen atoms in total. The van der Waals surface area contributed by atoms with Crippen molar-refractivity contribution in [2.45, 2.75) is 18.9 Å². The van der Waals surface area contributed by atoms with E-state index in [2.05, 4.69) is 6.58 Å². The molecule has 0 saturated heterocycles. The van der Waals surface area contributed by atoms with Crippen LogP contribution in [0.1, 0.15) is 27.2 Å². The molecule has 1 aromatic heterocycles. The van der Waals surface area contributed by atoms with Crippen LogP contribution in [0.25, 0.3) is 0 Å². The smallest absolute Gasteiger partial charge is 0.353 e. The Morgan fingerprint density at radius 2 is 1.67 bits per heavy atom. The van der Waals surface area contributed by atoms with Gasteiger partial charge in [0.05, 0.1) is 17.7 Å². The number of aryl methyl sites for hydroxylation is 1. The number of benzene rings is 1. The van der Waals surface area contributed by atoms with Gasteiger partial charge in [0.2, 0.25) is 0 Å². The minimum atomic E-state index is -5.02. The average Bonchev–Trinajstić information content (AvgIpc) is 2.96. The first-order valence-electron chi connectivity index (χ1n) is 7.73. The lowest BCUT2D eigenvalue weighted by Gasteiger charge is -2.23. The van der Waals surface area contributed by atoms with Crippen LogP contribution in [0.2, 0.25) is 0 Å². The highest BCUT2D eigenvalue weighted by Gasteiger charge is 2.37. The van der Waals surface area contributed by atoms with Crippen molar-refractivity contribution in [2.75, 3.05) is 6.54 Å². The first-order valence-corrected chi connectivity index (χ1v) is 7.73. The fraction of sp³-hybridized carbons (Fsp3) is 0.278. The normalized spacial score (nSPS) is 12.1. The summed E-state index contributed by atoms with van der Waals surface area (Å²) in [4.78, 5) is 13.8. The summed E-state index contributed by atoms with van der Waals surface area (Å²) in [5.74, 6) is -0.951. The molecule has 2 rings (SSSR count). The molecule has 1 aromatic carbocycles. The molecule has 2 aromatic rings. The number of hydrogen-bond donors (Lipinski definition) is 0. The molecule has 0 bridgehead atoms. The molecule has 0 spiro atoms. The van der Waals surface area contributed by atoms with Gasteiger partial charge >= 0.3 is 12.4 Å². The number of nitrogens with zero attached hydrogens (tertiary/aromatic N) is 2. The van der Waals surface area contributed by atoms with Crippen molar-refractivity contribution in [2.24, 2.45) is 7.05 Å². The fourth-order valence-corrected chi connectivity index (χ4v) is 2.49. The van der Waals surface area contributed by atoms with Crippen LogP contribution in [-0.2, 0) is 25.9 Å². The Kier molecular flexibility index (Phi) is 5.72. The van der Waals surface area contributed by atoms with Gasteiger partial charge in [-0.2, -0.15) is 26.3 Å². The summed E-state index contributed by atoms with van der Waals surface area (Å²) in [5.41, 5.74) is -3.09. The Hall–Kier alpha value is -2.71. The monoisotopic (exact) mass is 390 g/mol. The second-order valence-electron chi connectivity index (χ2n) is 5.88. The molecule has 0 fully saturated rings. The van der Waals surface area contributed by atoms with E-state index in [0.29, 0.717) is 17.8 Å². The Labute approximate surface area is 151 Å². The quantitative estimate of drug-likeness (QED) is 0.527. The van der Waals surface area contributed by atoms with Gasteiger partial charge in [-0.05, 0) is 30.3 Å². The van der Waals surface area contributed by atoms with Crippen molar-refractivity contribution in [1.82, 2.24) is 9.47 Å². The van der Waals surface area contributed by atoms with Crippen molar-refractivity contribution < 1.29 is 31.1 Å². The molecule has 0 aliphatic carbocycles. The summed E-state index contributed by atoms with van der Waals surface area (Å²) in [5, 5.41) is 0. The standard InChI is InChI=1S/C18H16F6N2O/c1-3-6-26(11-15-5-4-7-25(15)2)16(27)12-8-13(17(19,20)21)10-14(9-12)18(22,23)24/h3-5,7-10H,1,6,11H2,2H3. The third kappa shape index (κ3) is 4.93. The number of alkyl halides is 6. The molecular formula is C18H16F6N2O. The average molecular weight is 390 g/mol. The van der Waals surface area contributed by atoms with Crippen LogP contribution in [0, 0.1) is 0 Å². The van der Waals surface area contributed by atoms with Gasteiger partial charge < -0.3 is 9.47 Å². The zero-order valence-electron chi connectivity index (χ0n) is 14.2. The third-order valence-corrected chi connectivity index (χ3v) is 3.88. The lowest BCUT2D eigenvalue weighted by atomic mass is 10.0. The Morgan fingerprint density at radius 1 is 1.11 bits per heavy atom. The van der Waals surface area contributed by atoms with Crippen molar-refractivity contribution in [1.29, 1.82) is 0 Å². The summed E-state index contributed by atoms with van der Waals surface area (Å²) in [6.07, 6.45) is -6.98. The first-order chi connectivity index (χ1) is 12.4. The van der Waals surface area contributed by atoms with Crippen LogP contribution < -0.4 is 0 Å². The number of rotatable bonds is 5. The van der Waals surface area contributed by atoms with Gasteiger partial charge in [-0.25, -0.2) is 0 Å². The van der Waals surface area contributed by atoms with Gasteiger partial charge in [0.15, 0.2) is 0 Å². The highest BCUT2D eigenvalue weighted by atomic mass is 19.4. The highest BCUT2D eigenvalue weighted by molar-refractivity contribution is 5.94. The molecule has 9 heteroatoms. The Morgan fingerprint density at radius 3 is 2.07 bits per heavy atom. The molecule has 0 radical (unpaired) electrons. The Bertz CT molecular complexity index is 803. The van der Waals surface area contributed by atoms with Crippen molar-refractivity contribution in [3.63, 3.8) is 0 Å². The van der Waals surface area contributed by atoms with E-state index in [-0.39, 0.29) is 19.2 Å². The summed E-state index contributed by atoms with van der Waals surface area (Å²) in [6.45, 7) is 3.45. The van der Waals surface area contributed by atoms with Crippen LogP contribution in [0.5, 0.6) is 0 Å². The fourth-order valence-electron chi connectivity index (χ4n) is 2.49. The van der Waals surface area contributed by atoms with Crippen LogP contribution in [0.4, 0.5) is 26.3 Å². The van der Waals surface area contributed by atoms with Crippen LogP contribution in [0.3, 0.4) is 0 Å². The minimum absolute atomic E-state index is 0.00590. The summed E-state index contributed by atoms with van der Waals surface area (Å²) in [7, 11) is 1.71. The van der Waals surface area contributed by atoms with Crippen molar-refractivity contribution in [3.05, 3.63) is 71.6 Å². The van der Waals surface area contributed by atoms with Gasteiger partial charge in [0, 0.05) is 31.0 Å². The molecular weight excluding hydrogens is 374 g/mol. The lowest BCUT2D eigenvalue weighted by molar-refractivity contribution is -0.143. The van der Waals surface area contributed by atoms with Crippen LogP contribution in [0.15, 0.2) is 49.2 Å². The third-order valence-electron chi connectivity index (χ3n) is 3.88. The molecule has 27 heavy (non-hydrogen) atoms. The van der Waals surface area contributed by atoms with Crippen LogP contribution >= 0.6 is 0 Å². The maximum Gasteiger partial charge on any atom is 0.416 e. The number of halogens is 6. The topological polar surface area (TPSA) is 25.2 Å². The molecule has 0 N–H and O–H groups in total. The van der Waals surface area contributed by atoms with Crippen molar-refractivity contribution in [3.8, 4) is 0 Å². The second-order valence-corrected chi connectivity index (χ2v) is 5.88. The summed E-state index contributed by atoms with van der Waals surface area (Å²) >= 11 is 0. The second kappa shape index (κ2) is 7.50. The molecule has 0 aliphatic heterocycles. The molecule has 1 amide bonds. The maximum absolute atomic E-state index is 13.0. The number of amides is 1. The molecule has 0 saturated carbocycles. The van der Waals surface area contributed by atoms with Gasteiger partial charge in [-0.1, -0.05) is 6.08 Å². The van der Waals surface area contributed by atoms with E-state index in [4.69, 9.17) is 0 Å². The van der Waals surface area contributed by atoms with Crippen molar-refractivity contribution >= 4 is 5.91 Å². The van der Waals surface area contributed by atoms with E-state index in [9.17, 15) is 31.1 Å². The van der Waals surface area contributed by atoms with E-state index < -0.39 is 35.0 Å². The molecule has 146 valence electrons. The largest absolute Gasteiger partial charge is 0.416 e. The molecule has 0 aliphatic rings. The lowest BCUT2D eigenvalue weighted by Crippen LogP contribution is -2.32. The molecule has 0 unspecified atom stereocenters. The molecule has 0 atom stereocenters. The maximum atomic E-state index is 13.0.